The third-order valence-electron chi connectivity index (χ3n) is 6.51. The van der Waals surface area contributed by atoms with Gasteiger partial charge < -0.3 is 25.1 Å². The molecule has 3 heterocycles. The van der Waals surface area contributed by atoms with Crippen LogP contribution in [0.5, 0.6) is 11.5 Å². The Hall–Kier alpha value is -3.42. The minimum atomic E-state index is -5.08. The van der Waals surface area contributed by atoms with Crippen molar-refractivity contribution in [1.82, 2.24) is 19.5 Å². The monoisotopic (exact) mass is 551 g/mol. The summed E-state index contributed by atoms with van der Waals surface area (Å²) in [5.41, 5.74) is 7.77. The lowest BCUT2D eigenvalue weighted by molar-refractivity contribution is -0.192. The van der Waals surface area contributed by atoms with E-state index >= 15 is 0 Å². The maximum absolute atomic E-state index is 10.6. The fraction of sp³-hybridized carbons (Fsp3) is 0.500. The third kappa shape index (κ3) is 8.28. The second-order valence-electron chi connectivity index (χ2n) is 9.40. The van der Waals surface area contributed by atoms with Crippen molar-refractivity contribution < 1.29 is 37.3 Å². The average molecular weight is 552 g/mol. The summed E-state index contributed by atoms with van der Waals surface area (Å²) in [4.78, 5) is 11.3. The van der Waals surface area contributed by atoms with Crippen LogP contribution in [0.4, 0.5) is 13.2 Å². The number of aromatic nitrogens is 3. The van der Waals surface area contributed by atoms with E-state index in [9.17, 15) is 13.2 Å². The number of nitrogens with zero attached hydrogens (tertiary/aromatic N) is 4. The zero-order valence-corrected chi connectivity index (χ0v) is 21.3. The van der Waals surface area contributed by atoms with Crippen LogP contribution in [0.15, 0.2) is 42.6 Å². The predicted molar refractivity (Wildman–Crippen MR) is 136 cm³/mol. The van der Waals surface area contributed by atoms with Crippen molar-refractivity contribution in [2.75, 3.05) is 39.5 Å². The summed E-state index contributed by atoms with van der Waals surface area (Å²) in [5.74, 6) is -0.322. The maximum Gasteiger partial charge on any atom is 0.490 e. The molecule has 1 aliphatic carbocycles. The molecule has 1 saturated carbocycles. The number of carbonyl (C=O) groups is 1. The molecule has 1 aliphatic heterocycles. The van der Waals surface area contributed by atoms with E-state index < -0.39 is 12.1 Å². The lowest BCUT2D eigenvalue weighted by Gasteiger charge is -2.26. The molecule has 39 heavy (non-hydrogen) atoms. The number of aliphatic carboxylic acids is 1. The van der Waals surface area contributed by atoms with Gasteiger partial charge in [0, 0.05) is 31.2 Å². The quantitative estimate of drug-likeness (QED) is 0.455. The van der Waals surface area contributed by atoms with Gasteiger partial charge >= 0.3 is 12.1 Å². The van der Waals surface area contributed by atoms with E-state index in [1.54, 1.807) is 0 Å². The van der Waals surface area contributed by atoms with Crippen molar-refractivity contribution in [2.24, 2.45) is 5.73 Å². The molecular weight excluding hydrogens is 519 g/mol. The average Bonchev–Trinajstić information content (AvgIpc) is 3.34. The number of hydrogen-bond donors (Lipinski definition) is 2. The standard InChI is InChI=1S/C24H31N5O3.C2HF3O2/c25-19-4-6-20(7-5-19)32-22-8-9-23-26-27-24(29(23)17-22)18-2-1-3-21(16-18)31-15-12-28-10-13-30-14-11-28;3-2(4,5)1(6)7/h1-3,8-9,16-17,19-20H,4-7,10-15,25H2;(H,6,7). The molecular formula is C26H32F3N5O5. The molecule has 3 N–H and O–H groups in total. The first-order valence-corrected chi connectivity index (χ1v) is 12.8. The molecule has 1 saturated heterocycles. The number of carboxylic acids is 1. The summed E-state index contributed by atoms with van der Waals surface area (Å²) in [6.45, 7) is 5.08. The Morgan fingerprint density at radius 3 is 2.49 bits per heavy atom. The molecule has 2 fully saturated rings. The number of halogens is 3. The molecule has 0 amide bonds. The van der Waals surface area contributed by atoms with Gasteiger partial charge in [0.2, 0.25) is 0 Å². The maximum atomic E-state index is 10.6. The van der Waals surface area contributed by atoms with Crippen molar-refractivity contribution in [3.8, 4) is 22.9 Å². The van der Waals surface area contributed by atoms with Crippen LogP contribution in [0, 0.1) is 0 Å². The highest BCUT2D eigenvalue weighted by molar-refractivity contribution is 5.73. The largest absolute Gasteiger partial charge is 0.492 e. The Kier molecular flexibility index (Phi) is 9.59. The van der Waals surface area contributed by atoms with Crippen LogP contribution in [-0.2, 0) is 9.53 Å². The van der Waals surface area contributed by atoms with Crippen LogP contribution in [0.2, 0.25) is 0 Å². The highest BCUT2D eigenvalue weighted by atomic mass is 19.4. The van der Waals surface area contributed by atoms with E-state index in [0.717, 1.165) is 87.1 Å². The minimum absolute atomic E-state index is 0.218. The summed E-state index contributed by atoms with van der Waals surface area (Å²) < 4.78 is 51.4. The second-order valence-corrected chi connectivity index (χ2v) is 9.40. The van der Waals surface area contributed by atoms with Gasteiger partial charge in [-0.05, 0) is 49.9 Å². The van der Waals surface area contributed by atoms with E-state index in [4.69, 9.17) is 29.8 Å². The normalized spacial score (nSPS) is 20.2. The fourth-order valence-electron chi connectivity index (χ4n) is 4.38. The summed E-state index contributed by atoms with van der Waals surface area (Å²) in [6.07, 6.45) is 1.14. The molecule has 0 unspecified atom stereocenters. The van der Waals surface area contributed by atoms with Crippen molar-refractivity contribution in [1.29, 1.82) is 0 Å². The highest BCUT2D eigenvalue weighted by Gasteiger charge is 2.38. The molecule has 3 aromatic rings. The molecule has 2 aromatic heterocycles. The predicted octanol–water partition coefficient (Wildman–Crippen LogP) is 3.39. The first-order valence-electron chi connectivity index (χ1n) is 12.8. The number of morpholine rings is 1. The molecule has 0 radical (unpaired) electrons. The van der Waals surface area contributed by atoms with Crippen LogP contribution in [0.25, 0.3) is 17.0 Å². The molecule has 10 nitrogen and oxygen atoms in total. The molecule has 0 atom stereocenters. The molecule has 0 spiro atoms. The van der Waals surface area contributed by atoms with Crippen LogP contribution in [0.3, 0.4) is 0 Å². The van der Waals surface area contributed by atoms with E-state index in [0.29, 0.717) is 12.6 Å². The van der Waals surface area contributed by atoms with Gasteiger partial charge in [-0.1, -0.05) is 12.1 Å². The van der Waals surface area contributed by atoms with Crippen molar-refractivity contribution >= 4 is 11.6 Å². The molecule has 212 valence electrons. The van der Waals surface area contributed by atoms with Gasteiger partial charge in [-0.25, -0.2) is 4.79 Å². The third-order valence-corrected chi connectivity index (χ3v) is 6.51. The first kappa shape index (κ1) is 28.6. The van der Waals surface area contributed by atoms with Crippen LogP contribution in [-0.4, -0.2) is 88.4 Å². The molecule has 1 aromatic carbocycles. The summed E-state index contributed by atoms with van der Waals surface area (Å²) in [5, 5.41) is 15.9. The van der Waals surface area contributed by atoms with Crippen LogP contribution in [0.1, 0.15) is 25.7 Å². The van der Waals surface area contributed by atoms with Gasteiger partial charge in [0.25, 0.3) is 0 Å². The van der Waals surface area contributed by atoms with Gasteiger partial charge in [0.15, 0.2) is 11.5 Å². The number of hydrogen-bond acceptors (Lipinski definition) is 8. The zero-order valence-electron chi connectivity index (χ0n) is 21.3. The minimum Gasteiger partial charge on any atom is -0.492 e. The van der Waals surface area contributed by atoms with Crippen molar-refractivity contribution in [3.05, 3.63) is 42.6 Å². The number of fused-ring (bicyclic) bond motifs is 1. The van der Waals surface area contributed by atoms with Gasteiger partial charge in [0.05, 0.1) is 25.5 Å². The van der Waals surface area contributed by atoms with Gasteiger partial charge in [-0.3, -0.25) is 9.30 Å². The van der Waals surface area contributed by atoms with Crippen molar-refractivity contribution in [2.45, 2.75) is 44.0 Å². The molecule has 13 heteroatoms. The Morgan fingerprint density at radius 2 is 1.79 bits per heavy atom. The Labute approximate surface area is 223 Å². The van der Waals surface area contributed by atoms with Gasteiger partial charge in [-0.2, -0.15) is 13.2 Å². The van der Waals surface area contributed by atoms with Gasteiger partial charge in [0.1, 0.15) is 18.1 Å². The highest BCUT2D eigenvalue weighted by Crippen LogP contribution is 2.27. The van der Waals surface area contributed by atoms with E-state index in [1.807, 2.05) is 47.0 Å². The lowest BCUT2D eigenvalue weighted by Crippen LogP contribution is -2.38. The van der Waals surface area contributed by atoms with Crippen LogP contribution < -0.4 is 15.2 Å². The van der Waals surface area contributed by atoms with Crippen molar-refractivity contribution in [3.63, 3.8) is 0 Å². The fourth-order valence-corrected chi connectivity index (χ4v) is 4.38. The van der Waals surface area contributed by atoms with Crippen LogP contribution >= 0.6 is 0 Å². The SMILES string of the molecule is NC1CCC(Oc2ccc3nnc(-c4cccc(OCCN5CCOCC5)c4)n3c2)CC1.O=C(O)C(F)(F)F. The van der Waals surface area contributed by atoms with Gasteiger partial charge in [-0.15, -0.1) is 10.2 Å². The Morgan fingerprint density at radius 1 is 1.08 bits per heavy atom. The summed E-state index contributed by atoms with van der Waals surface area (Å²) in [7, 11) is 0. The number of carboxylic acid groups (broad SMARTS) is 1. The zero-order chi connectivity index (χ0) is 27.8. The van der Waals surface area contributed by atoms with E-state index in [1.165, 1.54) is 0 Å². The number of rotatable bonds is 7. The number of ether oxygens (including phenoxy) is 3. The number of nitrogens with two attached hydrogens (primary N) is 1. The topological polar surface area (TPSA) is 124 Å². The lowest BCUT2D eigenvalue weighted by atomic mass is 9.94. The number of alkyl halides is 3. The Balaban J connectivity index is 0.000000448. The summed E-state index contributed by atoms with van der Waals surface area (Å²) >= 11 is 0. The molecule has 2 aliphatic rings. The number of benzene rings is 1. The number of pyridine rings is 1. The second kappa shape index (κ2) is 13.1. The molecule has 0 bridgehead atoms. The first-order chi connectivity index (χ1) is 18.7. The van der Waals surface area contributed by atoms with E-state index in [2.05, 4.69) is 15.1 Å². The summed E-state index contributed by atoms with van der Waals surface area (Å²) in [6, 6.07) is 12.2. The smallest absolute Gasteiger partial charge is 0.490 e. The van der Waals surface area contributed by atoms with E-state index in [-0.39, 0.29) is 6.10 Å². The molecule has 5 rings (SSSR count). The Bertz CT molecular complexity index is 1220.